The lowest BCUT2D eigenvalue weighted by Gasteiger charge is -2.28. The van der Waals surface area contributed by atoms with Crippen molar-refractivity contribution in [1.82, 2.24) is 0 Å². The van der Waals surface area contributed by atoms with Crippen LogP contribution in [0.2, 0.25) is 0 Å². The first kappa shape index (κ1) is 20.7. The second kappa shape index (κ2) is 9.94. The van der Waals surface area contributed by atoms with Gasteiger partial charge in [0.25, 0.3) is 0 Å². The number of ether oxygens (including phenoxy) is 2. The highest BCUT2D eigenvalue weighted by molar-refractivity contribution is 8.01. The van der Waals surface area contributed by atoms with Gasteiger partial charge in [0.2, 0.25) is 0 Å². The van der Waals surface area contributed by atoms with Crippen LogP contribution in [0, 0.1) is 11.8 Å². The lowest BCUT2D eigenvalue weighted by Crippen LogP contribution is -2.31. The fourth-order valence-corrected chi connectivity index (χ4v) is 3.80. The van der Waals surface area contributed by atoms with E-state index in [4.69, 9.17) is 9.47 Å². The minimum atomic E-state index is -1.07. The quantitative estimate of drug-likeness (QED) is 0.489. The summed E-state index contributed by atoms with van der Waals surface area (Å²) in [4.78, 5) is 13.1. The third kappa shape index (κ3) is 5.21. The van der Waals surface area contributed by atoms with E-state index in [1.165, 1.54) is 11.8 Å². The fourth-order valence-electron chi connectivity index (χ4n) is 2.64. The van der Waals surface area contributed by atoms with Crippen LogP contribution >= 0.6 is 11.8 Å². The van der Waals surface area contributed by atoms with E-state index in [2.05, 4.69) is 11.8 Å². The largest absolute Gasteiger partial charge is 0.494 e. The number of hydrogen-bond acceptors (Lipinski definition) is 4. The molecule has 2 aromatic rings. The van der Waals surface area contributed by atoms with E-state index in [1.807, 2.05) is 62.4 Å². The lowest BCUT2D eigenvalue weighted by atomic mass is 9.95. The number of carboxylic acid groups (broad SMARTS) is 1. The maximum absolute atomic E-state index is 12.2. The van der Waals surface area contributed by atoms with Crippen molar-refractivity contribution in [2.45, 2.75) is 36.8 Å². The van der Waals surface area contributed by atoms with Crippen LogP contribution in [-0.2, 0) is 9.54 Å². The molecule has 1 unspecified atom stereocenters. The molecular formula is C22H24O4S. The maximum Gasteiger partial charge on any atom is 0.324 e. The molecule has 1 atom stereocenters. The summed E-state index contributed by atoms with van der Waals surface area (Å²) >= 11 is 1.33. The Morgan fingerprint density at radius 1 is 1.04 bits per heavy atom. The highest BCUT2D eigenvalue weighted by Gasteiger charge is 2.40. The van der Waals surface area contributed by atoms with E-state index in [0.717, 1.165) is 16.2 Å². The number of rotatable bonds is 9. The highest BCUT2D eigenvalue weighted by atomic mass is 32.2. The molecule has 0 aromatic heterocycles. The summed E-state index contributed by atoms with van der Waals surface area (Å²) < 4.78 is 9.91. The lowest BCUT2D eigenvalue weighted by molar-refractivity contribution is -0.140. The van der Waals surface area contributed by atoms with Gasteiger partial charge in [-0.1, -0.05) is 25.0 Å². The summed E-state index contributed by atoms with van der Waals surface area (Å²) in [6.45, 7) is 6.48. The number of benzene rings is 2. The number of thioether (sulfide) groups is 1. The molecule has 2 rings (SSSR count). The topological polar surface area (TPSA) is 55.8 Å². The first-order chi connectivity index (χ1) is 13.1. The fraction of sp³-hybridized carbons (Fsp3) is 0.318. The van der Waals surface area contributed by atoms with Gasteiger partial charge in [0, 0.05) is 4.90 Å². The summed E-state index contributed by atoms with van der Waals surface area (Å²) in [6, 6.07) is 14.7. The van der Waals surface area contributed by atoms with Gasteiger partial charge in [0.05, 0.1) is 6.61 Å². The highest BCUT2D eigenvalue weighted by Crippen LogP contribution is 2.45. The van der Waals surface area contributed by atoms with E-state index in [-0.39, 0.29) is 0 Å². The molecule has 1 N–H and O–H groups in total. The van der Waals surface area contributed by atoms with Crippen LogP contribution in [0.4, 0.5) is 0 Å². The molecule has 27 heavy (non-hydrogen) atoms. The Kier molecular flexibility index (Phi) is 7.63. The number of carboxylic acids is 1. The van der Waals surface area contributed by atoms with Crippen molar-refractivity contribution in [3.8, 4) is 23.3 Å². The second-order valence-electron chi connectivity index (χ2n) is 5.73. The minimum Gasteiger partial charge on any atom is -0.494 e. The molecule has 0 saturated heterocycles. The van der Waals surface area contributed by atoms with Crippen molar-refractivity contribution < 1.29 is 19.4 Å². The zero-order chi connectivity index (χ0) is 19.7. The van der Waals surface area contributed by atoms with Gasteiger partial charge in [0.1, 0.15) is 22.9 Å². The number of hydrogen-bond donors (Lipinski definition) is 1. The molecule has 0 fully saturated rings. The van der Waals surface area contributed by atoms with Crippen molar-refractivity contribution >= 4 is 17.7 Å². The first-order valence-electron chi connectivity index (χ1n) is 8.84. The molecule has 0 amide bonds. The Labute approximate surface area is 164 Å². The van der Waals surface area contributed by atoms with E-state index >= 15 is 0 Å². The molecule has 4 nitrogen and oxygen atoms in total. The van der Waals surface area contributed by atoms with E-state index in [1.54, 1.807) is 6.92 Å². The van der Waals surface area contributed by atoms with Gasteiger partial charge in [-0.25, -0.2) is 0 Å². The monoisotopic (exact) mass is 384 g/mol. The molecule has 5 heteroatoms. The Hall–Kier alpha value is -2.58. The van der Waals surface area contributed by atoms with Crippen molar-refractivity contribution in [2.75, 3.05) is 13.2 Å². The number of aliphatic carboxylic acids is 1. The van der Waals surface area contributed by atoms with E-state index in [9.17, 15) is 9.90 Å². The van der Waals surface area contributed by atoms with Crippen LogP contribution in [-0.4, -0.2) is 24.3 Å². The smallest absolute Gasteiger partial charge is 0.324 e. The average molecular weight is 384 g/mol. The molecule has 0 heterocycles. The summed E-state index contributed by atoms with van der Waals surface area (Å²) in [5, 5.41) is 10.0. The Bertz CT molecular complexity index is 803. The molecule has 0 saturated carbocycles. The van der Waals surface area contributed by atoms with Crippen LogP contribution in [0.1, 0.15) is 32.8 Å². The molecule has 0 aliphatic rings. The molecule has 0 radical (unpaired) electrons. The normalized spacial score (nSPS) is 12.4. The first-order valence-corrected chi connectivity index (χ1v) is 9.65. The van der Waals surface area contributed by atoms with Crippen LogP contribution in [0.25, 0.3) is 0 Å². The zero-order valence-corrected chi connectivity index (χ0v) is 16.6. The zero-order valence-electron chi connectivity index (χ0n) is 15.8. The predicted octanol–water partition coefficient (Wildman–Crippen LogP) is 4.97. The molecular weight excluding hydrogens is 360 g/mol. The van der Waals surface area contributed by atoms with Gasteiger partial charge in [-0.15, -0.1) is 17.7 Å². The molecule has 0 aliphatic carbocycles. The SMILES string of the molecule is CC#CCOc1ccc(SC(CC)(C(=O)O)c2ccc(OCC)cc2)cc1. The average Bonchev–Trinajstić information content (AvgIpc) is 2.68. The van der Waals surface area contributed by atoms with Gasteiger partial charge in [-0.3, -0.25) is 4.79 Å². The summed E-state index contributed by atoms with van der Waals surface area (Å²) in [7, 11) is 0. The molecule has 0 spiro atoms. The van der Waals surface area contributed by atoms with Gasteiger partial charge >= 0.3 is 5.97 Å². The van der Waals surface area contributed by atoms with Crippen LogP contribution in [0.3, 0.4) is 0 Å². The van der Waals surface area contributed by atoms with Gasteiger partial charge in [-0.2, -0.15) is 0 Å². The van der Waals surface area contributed by atoms with Crippen molar-refractivity contribution in [3.05, 3.63) is 54.1 Å². The van der Waals surface area contributed by atoms with Crippen molar-refractivity contribution in [3.63, 3.8) is 0 Å². The van der Waals surface area contributed by atoms with Crippen LogP contribution in [0.15, 0.2) is 53.4 Å². The van der Waals surface area contributed by atoms with E-state index in [0.29, 0.717) is 25.4 Å². The standard InChI is InChI=1S/C22H24O4S/c1-4-7-16-26-19-12-14-20(15-13-19)27-22(5-2,21(23)24)17-8-10-18(11-9-17)25-6-3/h8-15H,5-6,16H2,1-3H3,(H,23,24). The van der Waals surface area contributed by atoms with E-state index < -0.39 is 10.7 Å². The van der Waals surface area contributed by atoms with Crippen LogP contribution in [0.5, 0.6) is 11.5 Å². The minimum absolute atomic E-state index is 0.337. The van der Waals surface area contributed by atoms with Gasteiger partial charge in [-0.05, 0) is 62.2 Å². The summed E-state index contributed by atoms with van der Waals surface area (Å²) in [6.07, 6.45) is 0.450. The Morgan fingerprint density at radius 3 is 2.15 bits per heavy atom. The van der Waals surface area contributed by atoms with Crippen molar-refractivity contribution in [2.24, 2.45) is 0 Å². The third-order valence-corrected chi connectivity index (χ3v) is 5.63. The Morgan fingerprint density at radius 2 is 1.63 bits per heavy atom. The van der Waals surface area contributed by atoms with Crippen molar-refractivity contribution in [1.29, 1.82) is 0 Å². The van der Waals surface area contributed by atoms with Gasteiger partial charge < -0.3 is 14.6 Å². The van der Waals surface area contributed by atoms with Crippen LogP contribution < -0.4 is 9.47 Å². The summed E-state index contributed by atoms with van der Waals surface area (Å²) in [5.74, 6) is 6.20. The third-order valence-electron chi connectivity index (χ3n) is 4.08. The number of carbonyl (C=O) groups is 1. The molecule has 142 valence electrons. The molecule has 2 aromatic carbocycles. The van der Waals surface area contributed by atoms with Gasteiger partial charge in [0.15, 0.2) is 0 Å². The molecule has 0 bridgehead atoms. The maximum atomic E-state index is 12.2. The molecule has 0 aliphatic heterocycles. The predicted molar refractivity (Wildman–Crippen MR) is 108 cm³/mol. The summed E-state index contributed by atoms with van der Waals surface area (Å²) in [5.41, 5.74) is 0.740. The Balaban J connectivity index is 2.25. The second-order valence-corrected chi connectivity index (χ2v) is 7.10.